The molecule has 1 fully saturated rings. The minimum atomic E-state index is -3.55. The van der Waals surface area contributed by atoms with Gasteiger partial charge in [-0.05, 0) is 37.5 Å². The zero-order valence-electron chi connectivity index (χ0n) is 18.0. The standard InChI is InChI=1S/C23H28Cl2N2O3S2/c1-17-5-7-18(8-6-17)15-31-14-11-26-23(28)19-9-12-27(13-10-19)32(29,30)16-20-21(24)3-2-4-22(20)25/h2-8,19H,9-16H2,1H3,(H,26,28). The van der Waals surface area contributed by atoms with Gasteiger partial charge in [0.1, 0.15) is 0 Å². The Morgan fingerprint density at radius 1 is 1.09 bits per heavy atom. The van der Waals surface area contributed by atoms with Gasteiger partial charge >= 0.3 is 0 Å². The lowest BCUT2D eigenvalue weighted by molar-refractivity contribution is -0.125. The number of halogens is 2. The van der Waals surface area contributed by atoms with Crippen molar-refractivity contribution in [3.05, 3.63) is 69.2 Å². The van der Waals surface area contributed by atoms with Crippen LogP contribution >= 0.6 is 35.0 Å². The lowest BCUT2D eigenvalue weighted by atomic mass is 9.97. The van der Waals surface area contributed by atoms with Crippen LogP contribution in [-0.2, 0) is 26.3 Å². The fraction of sp³-hybridized carbons (Fsp3) is 0.435. The van der Waals surface area contributed by atoms with E-state index < -0.39 is 10.0 Å². The predicted molar refractivity (Wildman–Crippen MR) is 134 cm³/mol. The van der Waals surface area contributed by atoms with E-state index in [0.29, 0.717) is 48.1 Å². The van der Waals surface area contributed by atoms with E-state index in [0.717, 1.165) is 11.5 Å². The minimum Gasteiger partial charge on any atom is -0.355 e. The Balaban J connectivity index is 1.39. The summed E-state index contributed by atoms with van der Waals surface area (Å²) in [4.78, 5) is 12.5. The number of benzene rings is 2. The number of hydrogen-bond donors (Lipinski definition) is 1. The number of nitrogens with one attached hydrogen (secondary N) is 1. The van der Waals surface area contributed by atoms with Crippen LogP contribution in [0.1, 0.15) is 29.5 Å². The van der Waals surface area contributed by atoms with Gasteiger partial charge in [-0.1, -0.05) is 59.1 Å². The molecule has 0 aliphatic carbocycles. The molecular weight excluding hydrogens is 487 g/mol. The molecule has 0 saturated carbocycles. The zero-order valence-corrected chi connectivity index (χ0v) is 21.2. The van der Waals surface area contributed by atoms with Crippen LogP contribution in [0.3, 0.4) is 0 Å². The van der Waals surface area contributed by atoms with Crippen LogP contribution in [0.4, 0.5) is 0 Å². The summed E-state index contributed by atoms with van der Waals surface area (Å²) in [6.07, 6.45) is 1.02. The molecule has 2 aromatic rings. The molecule has 5 nitrogen and oxygen atoms in total. The molecule has 32 heavy (non-hydrogen) atoms. The van der Waals surface area contributed by atoms with Gasteiger partial charge in [-0.25, -0.2) is 12.7 Å². The SMILES string of the molecule is Cc1ccc(CSCCNC(=O)C2CCN(S(=O)(=O)Cc3c(Cl)cccc3Cl)CC2)cc1. The first kappa shape index (κ1) is 25.4. The normalized spacial score (nSPS) is 15.6. The van der Waals surface area contributed by atoms with Gasteiger partial charge in [0.15, 0.2) is 0 Å². The second kappa shape index (κ2) is 11.7. The maximum Gasteiger partial charge on any atom is 0.223 e. The van der Waals surface area contributed by atoms with Gasteiger partial charge in [0.05, 0.1) is 5.75 Å². The first-order valence-electron chi connectivity index (χ1n) is 10.6. The van der Waals surface area contributed by atoms with Crippen molar-refractivity contribution < 1.29 is 13.2 Å². The van der Waals surface area contributed by atoms with Crippen molar-refractivity contribution in [3.8, 4) is 0 Å². The van der Waals surface area contributed by atoms with E-state index in [1.165, 1.54) is 15.4 Å². The molecule has 0 aromatic heterocycles. The molecule has 1 saturated heterocycles. The number of thioether (sulfide) groups is 1. The van der Waals surface area contributed by atoms with E-state index in [1.807, 2.05) is 0 Å². The lowest BCUT2D eigenvalue weighted by Gasteiger charge is -2.30. The maximum absolute atomic E-state index is 12.8. The summed E-state index contributed by atoms with van der Waals surface area (Å²) in [5, 5.41) is 3.68. The number of carbonyl (C=O) groups is 1. The minimum absolute atomic E-state index is 0.00660. The first-order valence-corrected chi connectivity index (χ1v) is 14.1. The Morgan fingerprint density at radius 2 is 1.72 bits per heavy atom. The average Bonchev–Trinajstić information content (AvgIpc) is 2.77. The molecule has 2 aromatic carbocycles. The largest absolute Gasteiger partial charge is 0.355 e. The highest BCUT2D eigenvalue weighted by molar-refractivity contribution is 7.98. The van der Waals surface area contributed by atoms with Gasteiger partial charge < -0.3 is 5.32 Å². The number of piperidine rings is 1. The third kappa shape index (κ3) is 7.12. The van der Waals surface area contributed by atoms with E-state index in [2.05, 4.69) is 36.5 Å². The fourth-order valence-electron chi connectivity index (χ4n) is 3.61. The molecule has 1 heterocycles. The monoisotopic (exact) mass is 514 g/mol. The van der Waals surface area contributed by atoms with E-state index in [1.54, 1.807) is 30.0 Å². The molecule has 3 rings (SSSR count). The van der Waals surface area contributed by atoms with E-state index >= 15 is 0 Å². The number of sulfonamides is 1. The Hall–Kier alpha value is -1.25. The lowest BCUT2D eigenvalue weighted by Crippen LogP contribution is -2.43. The predicted octanol–water partition coefficient (Wildman–Crippen LogP) is 4.89. The summed E-state index contributed by atoms with van der Waals surface area (Å²) in [5.74, 6) is 1.37. The smallest absolute Gasteiger partial charge is 0.223 e. The third-order valence-corrected chi connectivity index (χ3v) is 9.09. The molecule has 0 spiro atoms. The molecular formula is C23H28Cl2N2O3S2. The Bertz CT molecular complexity index is 1000. The maximum atomic E-state index is 12.8. The molecule has 0 radical (unpaired) electrons. The molecule has 1 aliphatic heterocycles. The van der Waals surface area contributed by atoms with Gasteiger partial charge in [0.2, 0.25) is 15.9 Å². The van der Waals surface area contributed by atoms with Crippen molar-refractivity contribution in [1.82, 2.24) is 9.62 Å². The molecule has 0 unspecified atom stereocenters. The topological polar surface area (TPSA) is 66.5 Å². The van der Waals surface area contributed by atoms with E-state index in [9.17, 15) is 13.2 Å². The van der Waals surface area contributed by atoms with Crippen LogP contribution in [0, 0.1) is 12.8 Å². The number of hydrogen-bond acceptors (Lipinski definition) is 4. The van der Waals surface area contributed by atoms with Crippen molar-refractivity contribution in [2.75, 3.05) is 25.4 Å². The summed E-state index contributed by atoms with van der Waals surface area (Å²) in [6.45, 7) is 3.33. The number of rotatable bonds is 9. The highest BCUT2D eigenvalue weighted by Crippen LogP contribution is 2.29. The van der Waals surface area contributed by atoms with Crippen LogP contribution < -0.4 is 5.32 Å². The van der Waals surface area contributed by atoms with Gasteiger partial charge in [-0.3, -0.25) is 4.79 Å². The zero-order chi connectivity index (χ0) is 23.1. The molecule has 1 aliphatic rings. The Kier molecular flexibility index (Phi) is 9.32. The average molecular weight is 516 g/mol. The van der Waals surface area contributed by atoms with Crippen molar-refractivity contribution >= 4 is 50.9 Å². The molecule has 0 bridgehead atoms. The van der Waals surface area contributed by atoms with Gasteiger partial charge in [0, 0.05) is 52.7 Å². The molecule has 1 amide bonds. The summed E-state index contributed by atoms with van der Waals surface area (Å²) in [6, 6.07) is 13.4. The number of aryl methyl sites for hydroxylation is 1. The van der Waals surface area contributed by atoms with Crippen LogP contribution in [0.25, 0.3) is 0 Å². The summed E-state index contributed by atoms with van der Waals surface area (Å²) in [5.41, 5.74) is 2.94. The Morgan fingerprint density at radius 3 is 2.34 bits per heavy atom. The highest BCUT2D eigenvalue weighted by atomic mass is 35.5. The first-order chi connectivity index (χ1) is 15.3. The summed E-state index contributed by atoms with van der Waals surface area (Å²) < 4.78 is 27.1. The number of nitrogens with zero attached hydrogens (tertiary/aromatic N) is 1. The number of carbonyl (C=O) groups excluding carboxylic acids is 1. The van der Waals surface area contributed by atoms with Gasteiger partial charge in [-0.2, -0.15) is 11.8 Å². The van der Waals surface area contributed by atoms with Crippen molar-refractivity contribution in [3.63, 3.8) is 0 Å². The molecule has 0 atom stereocenters. The second-order valence-electron chi connectivity index (χ2n) is 7.96. The third-order valence-electron chi connectivity index (χ3n) is 5.54. The van der Waals surface area contributed by atoms with Crippen LogP contribution in [0.15, 0.2) is 42.5 Å². The molecule has 1 N–H and O–H groups in total. The second-order valence-corrected chi connectivity index (χ2v) is 11.8. The van der Waals surface area contributed by atoms with Crippen molar-refractivity contribution in [2.24, 2.45) is 5.92 Å². The molecule has 174 valence electrons. The van der Waals surface area contributed by atoms with Gasteiger partial charge in [-0.15, -0.1) is 0 Å². The summed E-state index contributed by atoms with van der Waals surface area (Å²) >= 11 is 14.0. The van der Waals surface area contributed by atoms with Gasteiger partial charge in [0.25, 0.3) is 0 Å². The van der Waals surface area contributed by atoms with Crippen LogP contribution in [0.2, 0.25) is 10.0 Å². The quantitative estimate of drug-likeness (QED) is 0.483. The number of amides is 1. The van der Waals surface area contributed by atoms with Crippen LogP contribution in [-0.4, -0.2) is 44.0 Å². The van der Waals surface area contributed by atoms with Crippen LogP contribution in [0.5, 0.6) is 0 Å². The Labute approximate surface area is 204 Å². The van der Waals surface area contributed by atoms with E-state index in [-0.39, 0.29) is 17.6 Å². The fourth-order valence-corrected chi connectivity index (χ4v) is 6.74. The van der Waals surface area contributed by atoms with Crippen molar-refractivity contribution in [2.45, 2.75) is 31.3 Å². The highest BCUT2D eigenvalue weighted by Gasteiger charge is 2.31. The summed E-state index contributed by atoms with van der Waals surface area (Å²) in [7, 11) is -3.55. The molecule has 9 heteroatoms. The van der Waals surface area contributed by atoms with Crippen molar-refractivity contribution in [1.29, 1.82) is 0 Å². The van der Waals surface area contributed by atoms with E-state index in [4.69, 9.17) is 23.2 Å².